The van der Waals surface area contributed by atoms with Crippen molar-refractivity contribution in [2.75, 3.05) is 19.8 Å². The van der Waals surface area contributed by atoms with Crippen molar-refractivity contribution >= 4 is 44.7 Å². The number of rotatable bonds is 6. The normalized spacial score (nSPS) is 26.6. The molecule has 1 saturated heterocycles. The fourth-order valence-electron chi connectivity index (χ4n) is 7.26. The van der Waals surface area contributed by atoms with Gasteiger partial charge in [0.25, 0.3) is 5.91 Å². The van der Waals surface area contributed by atoms with Crippen LogP contribution in [0, 0.1) is 16.7 Å². The van der Waals surface area contributed by atoms with E-state index in [1.165, 1.54) is 11.0 Å². The van der Waals surface area contributed by atoms with Gasteiger partial charge in [-0.15, -0.1) is 6.58 Å². The van der Waals surface area contributed by atoms with Gasteiger partial charge in [0.05, 0.1) is 23.9 Å². The molecule has 5 atom stereocenters. The van der Waals surface area contributed by atoms with Crippen LogP contribution in [0.3, 0.4) is 0 Å². The number of hydrogen-bond donors (Lipinski definition) is 3. The number of benzene rings is 2. The molecule has 1 aromatic heterocycles. The Morgan fingerprint density at radius 1 is 1.04 bits per heavy atom. The molecule has 298 valence electrons. The molecule has 2 aromatic carbocycles. The van der Waals surface area contributed by atoms with Crippen LogP contribution in [0.4, 0.5) is 4.79 Å². The molecule has 3 fully saturated rings. The lowest BCUT2D eigenvalue weighted by Gasteiger charge is -2.35. The Morgan fingerprint density at radius 2 is 1.77 bits per heavy atom. The Balaban J connectivity index is 1.27. The highest BCUT2D eigenvalue weighted by molar-refractivity contribution is 7.91. The molecule has 3 N–H and O–H groups in total. The predicted octanol–water partition coefficient (Wildman–Crippen LogP) is 4.48. The maximum absolute atomic E-state index is 14.7. The zero-order valence-electron chi connectivity index (χ0n) is 32.3. The van der Waals surface area contributed by atoms with Crippen LogP contribution < -0.4 is 24.8 Å². The number of hydrogen-bond acceptors (Lipinski definition) is 10. The summed E-state index contributed by atoms with van der Waals surface area (Å²) in [5.74, 6) is -1.75. The minimum atomic E-state index is -3.91. The van der Waals surface area contributed by atoms with E-state index in [1.54, 1.807) is 20.8 Å². The number of pyridine rings is 1. The highest BCUT2D eigenvalue weighted by Crippen LogP contribution is 2.46. The Bertz CT molecular complexity index is 2200. The molecule has 7 rings (SSSR count). The van der Waals surface area contributed by atoms with Gasteiger partial charge >= 0.3 is 6.09 Å². The van der Waals surface area contributed by atoms with E-state index < -0.39 is 79.6 Å². The molecule has 56 heavy (non-hydrogen) atoms. The number of cyclic esters (lactones) is 1. The minimum absolute atomic E-state index is 0.000989. The third kappa shape index (κ3) is 8.04. The van der Waals surface area contributed by atoms with E-state index in [9.17, 15) is 27.6 Å². The van der Waals surface area contributed by atoms with Gasteiger partial charge < -0.3 is 29.7 Å². The number of sulfonamides is 1. The van der Waals surface area contributed by atoms with Crippen LogP contribution in [0.15, 0.2) is 67.3 Å². The molecular formula is C41H49N5O9S. The monoisotopic (exact) mass is 787 g/mol. The van der Waals surface area contributed by atoms with E-state index in [4.69, 9.17) is 19.2 Å². The van der Waals surface area contributed by atoms with Crippen molar-refractivity contribution < 1.29 is 41.8 Å². The van der Waals surface area contributed by atoms with Gasteiger partial charge in [-0.25, -0.2) is 18.2 Å². The second-order valence-corrected chi connectivity index (χ2v) is 19.2. The van der Waals surface area contributed by atoms with Gasteiger partial charge in [-0.2, -0.15) is 0 Å². The SMILES string of the molecule is C=CC1CC1(NC(=O)C1CC2CN1C(=O)C(C(C)(C)C)NC(=O)OCC(C)(C)COc1cccc(c1)-c1cc3ccccc3nc1O2)C(=O)NS(=O)(=O)C1CC1. The number of amides is 4. The van der Waals surface area contributed by atoms with Crippen LogP contribution in [-0.2, 0) is 29.1 Å². The van der Waals surface area contributed by atoms with Gasteiger partial charge in [-0.3, -0.25) is 19.1 Å². The van der Waals surface area contributed by atoms with Crippen molar-refractivity contribution in [2.24, 2.45) is 16.7 Å². The van der Waals surface area contributed by atoms with Gasteiger partial charge in [-0.05, 0) is 54.5 Å². The fourth-order valence-corrected chi connectivity index (χ4v) is 8.62. The van der Waals surface area contributed by atoms with Gasteiger partial charge in [0.1, 0.15) is 36.1 Å². The summed E-state index contributed by atoms with van der Waals surface area (Å²) in [4.78, 5) is 62.3. The molecule has 0 spiro atoms. The summed E-state index contributed by atoms with van der Waals surface area (Å²) in [6.45, 7) is 13.1. The quantitative estimate of drug-likeness (QED) is 0.302. The number of ether oxygens (including phenoxy) is 3. The zero-order valence-corrected chi connectivity index (χ0v) is 33.1. The van der Waals surface area contributed by atoms with Crippen LogP contribution in [-0.4, -0.2) is 90.9 Å². The molecule has 2 aliphatic heterocycles. The molecule has 2 saturated carbocycles. The van der Waals surface area contributed by atoms with Gasteiger partial charge in [-0.1, -0.05) is 71.0 Å². The van der Waals surface area contributed by atoms with Crippen LogP contribution in [0.5, 0.6) is 11.6 Å². The first-order valence-corrected chi connectivity index (χ1v) is 20.5. The summed E-state index contributed by atoms with van der Waals surface area (Å²) in [7, 11) is -3.91. The lowest BCUT2D eigenvalue weighted by atomic mass is 9.85. The number of para-hydroxylation sites is 1. The summed E-state index contributed by atoms with van der Waals surface area (Å²) in [5.41, 5.74) is -0.917. The van der Waals surface area contributed by atoms with E-state index in [-0.39, 0.29) is 38.5 Å². The zero-order chi connectivity index (χ0) is 40.2. The lowest BCUT2D eigenvalue weighted by molar-refractivity contribution is -0.142. The highest BCUT2D eigenvalue weighted by atomic mass is 32.2. The molecule has 3 heterocycles. The third-order valence-corrected chi connectivity index (χ3v) is 12.6. The van der Waals surface area contributed by atoms with E-state index in [0.717, 1.165) is 10.9 Å². The summed E-state index contributed by atoms with van der Waals surface area (Å²) in [6, 6.07) is 14.7. The van der Waals surface area contributed by atoms with Crippen molar-refractivity contribution in [1.29, 1.82) is 0 Å². The summed E-state index contributed by atoms with van der Waals surface area (Å²) in [6.07, 6.45) is 0.972. The van der Waals surface area contributed by atoms with E-state index in [1.807, 2.05) is 68.4 Å². The van der Waals surface area contributed by atoms with E-state index in [0.29, 0.717) is 29.7 Å². The molecule has 2 aliphatic carbocycles. The number of alkyl carbamates (subject to hydrolysis) is 1. The molecule has 14 nitrogen and oxygen atoms in total. The second-order valence-electron chi connectivity index (χ2n) is 17.2. The molecular weight excluding hydrogens is 739 g/mol. The maximum atomic E-state index is 14.7. The minimum Gasteiger partial charge on any atom is -0.493 e. The first kappa shape index (κ1) is 39.1. The summed E-state index contributed by atoms with van der Waals surface area (Å²) < 4.78 is 46.2. The Kier molecular flexibility index (Phi) is 10.0. The molecule has 4 bridgehead atoms. The van der Waals surface area contributed by atoms with Gasteiger partial charge in [0, 0.05) is 28.7 Å². The smallest absolute Gasteiger partial charge is 0.407 e. The molecule has 5 unspecified atom stereocenters. The number of fused-ring (bicyclic) bond motifs is 7. The average Bonchev–Trinajstić information content (AvgIpc) is 4.08. The van der Waals surface area contributed by atoms with Crippen LogP contribution in [0.2, 0.25) is 0 Å². The van der Waals surface area contributed by atoms with Crippen LogP contribution in [0.1, 0.15) is 60.3 Å². The summed E-state index contributed by atoms with van der Waals surface area (Å²) >= 11 is 0. The summed E-state index contributed by atoms with van der Waals surface area (Å²) in [5, 5.41) is 5.78. The number of aromatic nitrogens is 1. The fraction of sp³-hybridized carbons (Fsp3) is 0.488. The first-order chi connectivity index (χ1) is 26.4. The third-order valence-electron chi connectivity index (χ3n) is 10.8. The Hall–Kier alpha value is -5.18. The highest BCUT2D eigenvalue weighted by Gasteiger charge is 2.62. The Morgan fingerprint density at radius 3 is 2.46 bits per heavy atom. The van der Waals surface area contributed by atoms with Crippen molar-refractivity contribution in [1.82, 2.24) is 25.2 Å². The van der Waals surface area contributed by atoms with E-state index in [2.05, 4.69) is 21.9 Å². The number of nitrogens with zero attached hydrogens (tertiary/aromatic N) is 2. The van der Waals surface area contributed by atoms with E-state index >= 15 is 0 Å². The second kappa shape index (κ2) is 14.4. The molecule has 0 radical (unpaired) electrons. The van der Waals surface area contributed by atoms with Crippen molar-refractivity contribution in [3.8, 4) is 22.8 Å². The Labute approximate surface area is 326 Å². The van der Waals surface area contributed by atoms with Crippen LogP contribution in [0.25, 0.3) is 22.0 Å². The average molecular weight is 788 g/mol. The molecule has 4 aliphatic rings. The topological polar surface area (TPSA) is 182 Å². The number of nitrogens with one attached hydrogen (secondary N) is 3. The van der Waals surface area contributed by atoms with Gasteiger partial charge in [0.2, 0.25) is 27.7 Å². The standard InChI is InChI=1S/C41H49N5O9S/c1-7-26-20-41(26,37(49)45-56(51,52)29-15-16-29)44-34(47)32-19-28-21-46(32)36(48)33(39(2,3)4)43-38(50)54-23-40(5,6)22-53-27-13-10-12-24(17-27)30-18-25-11-8-9-14-31(25)42-35(30)55-28/h7-14,17-18,26,28-29,32-33H,1,15-16,19-23H2,2-6H3,(H,43,50)(H,44,47)(H,45,49). The van der Waals surface area contributed by atoms with Crippen molar-refractivity contribution in [3.05, 3.63) is 67.3 Å². The van der Waals surface area contributed by atoms with Crippen molar-refractivity contribution in [2.45, 2.75) is 89.3 Å². The maximum Gasteiger partial charge on any atom is 0.407 e. The lowest BCUT2D eigenvalue weighted by Crippen LogP contribution is -2.60. The largest absolute Gasteiger partial charge is 0.493 e. The van der Waals surface area contributed by atoms with Gasteiger partial charge in [0.15, 0.2) is 0 Å². The van der Waals surface area contributed by atoms with Crippen LogP contribution >= 0.6 is 0 Å². The molecule has 4 amide bonds. The number of carbonyl (C=O) groups excluding carboxylic acids is 4. The predicted molar refractivity (Wildman–Crippen MR) is 208 cm³/mol. The molecule has 15 heteroatoms. The number of carbonyl (C=O) groups is 4. The first-order valence-electron chi connectivity index (χ1n) is 18.9. The van der Waals surface area contributed by atoms with Crippen molar-refractivity contribution in [3.63, 3.8) is 0 Å². The molecule has 3 aromatic rings.